The highest BCUT2D eigenvalue weighted by atomic mass is 16.7. The number of hydrogen-bond donors (Lipinski definition) is 1. The summed E-state index contributed by atoms with van der Waals surface area (Å²) >= 11 is 0. The highest BCUT2D eigenvalue weighted by Gasteiger charge is 2.60. The van der Waals surface area contributed by atoms with Crippen molar-refractivity contribution in [3.05, 3.63) is 35.4 Å². The standard InChI is InChI=1S/C14H16O4/c1-13(6-7-13)14(17-8-9-18-14)11-4-2-10(3-5-11)12(15)16/h2-5H,6-9H2,1H3,(H,15,16). The summed E-state index contributed by atoms with van der Waals surface area (Å²) in [5, 5.41) is 8.91. The lowest BCUT2D eigenvalue weighted by molar-refractivity contribution is -0.212. The van der Waals surface area contributed by atoms with Crippen molar-refractivity contribution in [2.75, 3.05) is 13.2 Å². The zero-order chi connectivity index (χ0) is 12.8. The van der Waals surface area contributed by atoms with E-state index in [1.165, 1.54) is 0 Å². The number of carboxylic acids is 1. The van der Waals surface area contributed by atoms with Crippen LogP contribution >= 0.6 is 0 Å². The van der Waals surface area contributed by atoms with Gasteiger partial charge in [0.25, 0.3) is 0 Å². The number of carboxylic acid groups (broad SMARTS) is 1. The molecule has 0 radical (unpaired) electrons. The fourth-order valence-corrected chi connectivity index (χ4v) is 2.62. The van der Waals surface area contributed by atoms with E-state index in [4.69, 9.17) is 14.6 Å². The van der Waals surface area contributed by atoms with Crippen LogP contribution in [0.3, 0.4) is 0 Å². The van der Waals surface area contributed by atoms with E-state index in [-0.39, 0.29) is 11.0 Å². The zero-order valence-electron chi connectivity index (χ0n) is 10.3. The van der Waals surface area contributed by atoms with Crippen molar-refractivity contribution in [1.29, 1.82) is 0 Å². The quantitative estimate of drug-likeness (QED) is 0.892. The smallest absolute Gasteiger partial charge is 0.335 e. The number of rotatable bonds is 3. The maximum atomic E-state index is 10.9. The predicted molar refractivity (Wildman–Crippen MR) is 64.3 cm³/mol. The van der Waals surface area contributed by atoms with Crippen LogP contribution < -0.4 is 0 Å². The monoisotopic (exact) mass is 248 g/mol. The van der Waals surface area contributed by atoms with Gasteiger partial charge in [0.15, 0.2) is 5.79 Å². The van der Waals surface area contributed by atoms with E-state index >= 15 is 0 Å². The van der Waals surface area contributed by atoms with Crippen LogP contribution in [0.5, 0.6) is 0 Å². The highest BCUT2D eigenvalue weighted by Crippen LogP contribution is 2.61. The molecule has 18 heavy (non-hydrogen) atoms. The molecule has 1 N–H and O–H groups in total. The van der Waals surface area contributed by atoms with Crippen LogP contribution in [0, 0.1) is 5.41 Å². The summed E-state index contributed by atoms with van der Waals surface area (Å²) in [6.07, 6.45) is 2.15. The SMILES string of the molecule is CC1(C2(c3ccc(C(=O)O)cc3)OCCO2)CC1. The molecule has 0 amide bonds. The van der Waals surface area contributed by atoms with Gasteiger partial charge in [-0.2, -0.15) is 0 Å². The Morgan fingerprint density at radius 3 is 2.17 bits per heavy atom. The molecule has 96 valence electrons. The molecule has 1 aliphatic carbocycles. The average Bonchev–Trinajstić information content (AvgIpc) is 2.95. The Bertz CT molecular complexity index is 467. The molecule has 1 heterocycles. The second-order valence-electron chi connectivity index (χ2n) is 5.26. The van der Waals surface area contributed by atoms with E-state index < -0.39 is 11.8 Å². The third-order valence-electron chi connectivity index (χ3n) is 4.00. The molecule has 1 aromatic carbocycles. The van der Waals surface area contributed by atoms with Crippen LogP contribution in [0.2, 0.25) is 0 Å². The van der Waals surface area contributed by atoms with Crippen LogP contribution in [0.1, 0.15) is 35.7 Å². The van der Waals surface area contributed by atoms with E-state index in [2.05, 4.69) is 6.92 Å². The van der Waals surface area contributed by atoms with Crippen LogP contribution in [0.25, 0.3) is 0 Å². The van der Waals surface area contributed by atoms with Gasteiger partial charge in [0, 0.05) is 11.0 Å². The molecule has 2 aliphatic rings. The van der Waals surface area contributed by atoms with Gasteiger partial charge in [0.05, 0.1) is 18.8 Å². The zero-order valence-corrected chi connectivity index (χ0v) is 10.3. The molecule has 0 spiro atoms. The van der Waals surface area contributed by atoms with Gasteiger partial charge in [-0.25, -0.2) is 4.79 Å². The van der Waals surface area contributed by atoms with Gasteiger partial charge in [0.1, 0.15) is 0 Å². The molecule has 4 heteroatoms. The number of benzene rings is 1. The van der Waals surface area contributed by atoms with Crippen molar-refractivity contribution in [2.45, 2.75) is 25.6 Å². The summed E-state index contributed by atoms with van der Waals surface area (Å²) in [5.74, 6) is -1.59. The van der Waals surface area contributed by atoms with Gasteiger partial charge in [-0.3, -0.25) is 0 Å². The average molecular weight is 248 g/mol. The molecule has 4 nitrogen and oxygen atoms in total. The third kappa shape index (κ3) is 1.56. The Balaban J connectivity index is 1.98. The highest BCUT2D eigenvalue weighted by molar-refractivity contribution is 5.87. The van der Waals surface area contributed by atoms with Crippen molar-refractivity contribution in [3.63, 3.8) is 0 Å². The molecule has 1 saturated carbocycles. The minimum atomic E-state index is -0.915. The molecule has 2 fully saturated rings. The van der Waals surface area contributed by atoms with Crippen LogP contribution in [-0.2, 0) is 15.3 Å². The molecule has 1 aliphatic heterocycles. The van der Waals surface area contributed by atoms with Crippen molar-refractivity contribution in [3.8, 4) is 0 Å². The Morgan fingerprint density at radius 2 is 1.72 bits per heavy atom. The third-order valence-corrected chi connectivity index (χ3v) is 4.00. The summed E-state index contributed by atoms with van der Waals surface area (Å²) < 4.78 is 11.8. The van der Waals surface area contributed by atoms with Gasteiger partial charge < -0.3 is 14.6 Å². The minimum Gasteiger partial charge on any atom is -0.478 e. The normalized spacial score (nSPS) is 23.8. The number of hydrogen-bond acceptors (Lipinski definition) is 3. The summed E-state index contributed by atoms with van der Waals surface area (Å²) in [4.78, 5) is 10.9. The van der Waals surface area contributed by atoms with E-state index in [9.17, 15) is 4.79 Å². The Kier molecular flexibility index (Phi) is 2.47. The lowest BCUT2D eigenvalue weighted by Crippen LogP contribution is -2.36. The van der Waals surface area contributed by atoms with Crippen LogP contribution in [0.15, 0.2) is 24.3 Å². The van der Waals surface area contributed by atoms with Gasteiger partial charge in [-0.05, 0) is 25.0 Å². The Morgan fingerprint density at radius 1 is 1.17 bits per heavy atom. The summed E-state index contributed by atoms with van der Waals surface area (Å²) in [6.45, 7) is 3.34. The molecule has 1 aromatic rings. The van der Waals surface area contributed by atoms with Crippen LogP contribution in [0.4, 0.5) is 0 Å². The fraction of sp³-hybridized carbons (Fsp3) is 0.500. The molecule has 0 bridgehead atoms. The van der Waals surface area contributed by atoms with Crippen molar-refractivity contribution < 1.29 is 19.4 Å². The molecule has 0 unspecified atom stereocenters. The van der Waals surface area contributed by atoms with Crippen molar-refractivity contribution in [2.24, 2.45) is 5.41 Å². The number of aromatic carboxylic acids is 1. The molecule has 0 aromatic heterocycles. The van der Waals surface area contributed by atoms with Gasteiger partial charge >= 0.3 is 5.97 Å². The maximum absolute atomic E-state index is 10.9. The van der Waals surface area contributed by atoms with E-state index in [0.29, 0.717) is 13.2 Å². The maximum Gasteiger partial charge on any atom is 0.335 e. The van der Waals surface area contributed by atoms with Gasteiger partial charge in [0.2, 0.25) is 0 Å². The summed E-state index contributed by atoms with van der Waals surface area (Å²) in [5.41, 5.74) is 1.23. The fourth-order valence-electron chi connectivity index (χ4n) is 2.62. The Hall–Kier alpha value is -1.39. The Labute approximate surface area is 106 Å². The van der Waals surface area contributed by atoms with E-state index in [1.807, 2.05) is 0 Å². The molecular weight excluding hydrogens is 232 g/mol. The predicted octanol–water partition coefficient (Wildman–Crippen LogP) is 2.38. The number of ether oxygens (including phenoxy) is 2. The first-order valence-electron chi connectivity index (χ1n) is 6.19. The second-order valence-corrected chi connectivity index (χ2v) is 5.26. The molecule has 3 rings (SSSR count). The lowest BCUT2D eigenvalue weighted by Gasteiger charge is -2.34. The topological polar surface area (TPSA) is 55.8 Å². The first-order valence-corrected chi connectivity index (χ1v) is 6.19. The first kappa shape index (κ1) is 11.7. The van der Waals surface area contributed by atoms with E-state index in [0.717, 1.165) is 18.4 Å². The number of carbonyl (C=O) groups is 1. The van der Waals surface area contributed by atoms with Gasteiger partial charge in [-0.1, -0.05) is 19.1 Å². The summed E-state index contributed by atoms with van der Waals surface area (Å²) in [7, 11) is 0. The molecule has 0 atom stereocenters. The van der Waals surface area contributed by atoms with Crippen molar-refractivity contribution in [1.82, 2.24) is 0 Å². The largest absolute Gasteiger partial charge is 0.478 e. The lowest BCUT2D eigenvalue weighted by atomic mass is 9.89. The summed E-state index contributed by atoms with van der Waals surface area (Å²) in [6, 6.07) is 6.82. The molecule has 1 saturated heterocycles. The minimum absolute atomic E-state index is 0.0221. The second kappa shape index (κ2) is 3.80. The van der Waals surface area contributed by atoms with Gasteiger partial charge in [-0.15, -0.1) is 0 Å². The molecular formula is C14H16O4. The first-order chi connectivity index (χ1) is 8.57. The van der Waals surface area contributed by atoms with E-state index in [1.54, 1.807) is 24.3 Å². The van der Waals surface area contributed by atoms with Crippen LogP contribution in [-0.4, -0.2) is 24.3 Å². The van der Waals surface area contributed by atoms with Crippen molar-refractivity contribution >= 4 is 5.97 Å².